The number of hydrogen-bond acceptors (Lipinski definition) is 3. The number of nitrogens with zero attached hydrogens (tertiary/aromatic N) is 1. The van der Waals surface area contributed by atoms with Crippen molar-refractivity contribution in [1.82, 2.24) is 5.32 Å². The summed E-state index contributed by atoms with van der Waals surface area (Å²) in [6.45, 7) is 10.1. The second-order valence-corrected chi connectivity index (χ2v) is 5.56. The Morgan fingerprint density at radius 2 is 2.11 bits per heavy atom. The van der Waals surface area contributed by atoms with Gasteiger partial charge in [0.25, 0.3) is 0 Å². The minimum absolute atomic E-state index is 0.365. The molecular weight excluding hydrogens is 304 g/mol. The van der Waals surface area contributed by atoms with Crippen LogP contribution in [0.1, 0.15) is 26.3 Å². The average Bonchev–Trinajstić information content (AvgIpc) is 2.39. The van der Waals surface area contributed by atoms with Crippen LogP contribution in [0.4, 0.5) is 5.69 Å². The van der Waals surface area contributed by atoms with Crippen molar-refractivity contribution in [3.63, 3.8) is 0 Å². The van der Waals surface area contributed by atoms with Crippen LogP contribution >= 0.6 is 15.9 Å². The van der Waals surface area contributed by atoms with Gasteiger partial charge in [-0.3, -0.25) is 0 Å². The van der Waals surface area contributed by atoms with Gasteiger partial charge in [0.05, 0.1) is 6.61 Å². The van der Waals surface area contributed by atoms with Gasteiger partial charge < -0.3 is 15.0 Å². The van der Waals surface area contributed by atoms with Crippen LogP contribution in [0.5, 0.6) is 0 Å². The van der Waals surface area contributed by atoms with Crippen molar-refractivity contribution < 1.29 is 4.74 Å². The fraction of sp³-hybridized carbons (Fsp3) is 0.600. The molecule has 0 fully saturated rings. The van der Waals surface area contributed by atoms with Gasteiger partial charge in [-0.2, -0.15) is 0 Å². The molecule has 0 saturated carbocycles. The van der Waals surface area contributed by atoms with E-state index in [1.165, 1.54) is 11.3 Å². The van der Waals surface area contributed by atoms with Gasteiger partial charge in [0.1, 0.15) is 0 Å². The Morgan fingerprint density at radius 3 is 2.68 bits per heavy atom. The molecule has 0 amide bonds. The van der Waals surface area contributed by atoms with Crippen molar-refractivity contribution in [3.05, 3.63) is 28.2 Å². The number of halogens is 1. The van der Waals surface area contributed by atoms with Gasteiger partial charge in [-0.15, -0.1) is 0 Å². The fourth-order valence-electron chi connectivity index (χ4n) is 2.26. The zero-order chi connectivity index (χ0) is 14.3. The second-order valence-electron chi connectivity index (χ2n) is 4.64. The standard InChI is InChI=1S/C15H25BrN2O/c1-5-17-10-13-7-8-14(16)9-15(13)18(6-2)12(3)11-19-4/h7-9,12,17H,5-6,10-11H2,1-4H3. The smallest absolute Gasteiger partial charge is 0.0663 e. The van der Waals surface area contributed by atoms with Crippen LogP contribution in [0.3, 0.4) is 0 Å². The molecule has 1 N–H and O–H groups in total. The quantitative estimate of drug-likeness (QED) is 0.791. The monoisotopic (exact) mass is 328 g/mol. The third-order valence-electron chi connectivity index (χ3n) is 3.20. The van der Waals surface area contributed by atoms with Gasteiger partial charge >= 0.3 is 0 Å². The highest BCUT2D eigenvalue weighted by Crippen LogP contribution is 2.27. The first-order chi connectivity index (χ1) is 9.13. The largest absolute Gasteiger partial charge is 0.383 e. The summed E-state index contributed by atoms with van der Waals surface area (Å²) < 4.78 is 6.41. The first-order valence-electron chi connectivity index (χ1n) is 6.88. The molecule has 0 aliphatic heterocycles. The van der Waals surface area contributed by atoms with E-state index >= 15 is 0 Å². The lowest BCUT2D eigenvalue weighted by atomic mass is 10.1. The zero-order valence-electron chi connectivity index (χ0n) is 12.4. The number of likely N-dealkylation sites (N-methyl/N-ethyl adjacent to an activating group) is 1. The Bertz CT molecular complexity index is 384. The highest BCUT2D eigenvalue weighted by Gasteiger charge is 2.16. The van der Waals surface area contributed by atoms with Gasteiger partial charge in [0.2, 0.25) is 0 Å². The molecule has 0 aromatic heterocycles. The van der Waals surface area contributed by atoms with E-state index in [0.29, 0.717) is 6.04 Å². The number of hydrogen-bond donors (Lipinski definition) is 1. The summed E-state index contributed by atoms with van der Waals surface area (Å²) in [7, 11) is 1.75. The predicted molar refractivity (Wildman–Crippen MR) is 85.9 cm³/mol. The number of nitrogens with one attached hydrogen (secondary N) is 1. The van der Waals surface area contributed by atoms with E-state index < -0.39 is 0 Å². The maximum atomic E-state index is 5.29. The van der Waals surface area contributed by atoms with E-state index in [1.807, 2.05) is 0 Å². The lowest BCUT2D eigenvalue weighted by Crippen LogP contribution is -2.37. The van der Waals surface area contributed by atoms with Crippen molar-refractivity contribution in [1.29, 1.82) is 0 Å². The molecule has 3 nitrogen and oxygen atoms in total. The van der Waals surface area contributed by atoms with Crippen molar-refractivity contribution in [2.24, 2.45) is 0 Å². The summed E-state index contributed by atoms with van der Waals surface area (Å²) in [6.07, 6.45) is 0. The Morgan fingerprint density at radius 1 is 1.37 bits per heavy atom. The lowest BCUT2D eigenvalue weighted by Gasteiger charge is -2.32. The Balaban J connectivity index is 3.02. The van der Waals surface area contributed by atoms with Crippen LogP contribution in [0.15, 0.2) is 22.7 Å². The Labute approximate surface area is 125 Å². The summed E-state index contributed by atoms with van der Waals surface area (Å²) in [4.78, 5) is 2.39. The molecule has 0 spiro atoms. The van der Waals surface area contributed by atoms with E-state index in [4.69, 9.17) is 4.74 Å². The number of rotatable bonds is 8. The summed E-state index contributed by atoms with van der Waals surface area (Å²) in [5, 5.41) is 3.40. The van der Waals surface area contributed by atoms with E-state index in [1.54, 1.807) is 7.11 Å². The van der Waals surface area contributed by atoms with Crippen molar-refractivity contribution in [3.8, 4) is 0 Å². The van der Waals surface area contributed by atoms with Crippen LogP contribution < -0.4 is 10.2 Å². The molecule has 0 aliphatic rings. The molecule has 108 valence electrons. The molecular formula is C15H25BrN2O. The molecule has 0 saturated heterocycles. The summed E-state index contributed by atoms with van der Waals surface area (Å²) in [6, 6.07) is 6.85. The van der Waals surface area contributed by atoms with E-state index in [-0.39, 0.29) is 0 Å². The third-order valence-corrected chi connectivity index (χ3v) is 3.70. The van der Waals surface area contributed by atoms with Gasteiger partial charge in [0.15, 0.2) is 0 Å². The molecule has 1 aromatic rings. The molecule has 1 unspecified atom stereocenters. The van der Waals surface area contributed by atoms with Crippen LogP contribution in [-0.4, -0.2) is 32.8 Å². The predicted octanol–water partition coefficient (Wildman–Crippen LogP) is 3.42. The Kier molecular flexibility index (Phi) is 7.42. The fourth-order valence-corrected chi connectivity index (χ4v) is 2.61. The zero-order valence-corrected chi connectivity index (χ0v) is 14.0. The van der Waals surface area contributed by atoms with E-state index in [9.17, 15) is 0 Å². The molecule has 1 aromatic carbocycles. The van der Waals surface area contributed by atoms with Crippen LogP contribution in [0.2, 0.25) is 0 Å². The first-order valence-corrected chi connectivity index (χ1v) is 7.68. The second kappa shape index (κ2) is 8.56. The van der Waals surface area contributed by atoms with Crippen molar-refractivity contribution in [2.75, 3.05) is 31.7 Å². The minimum atomic E-state index is 0.365. The highest BCUT2D eigenvalue weighted by atomic mass is 79.9. The molecule has 1 atom stereocenters. The van der Waals surface area contributed by atoms with Crippen molar-refractivity contribution >= 4 is 21.6 Å². The maximum Gasteiger partial charge on any atom is 0.0663 e. The topological polar surface area (TPSA) is 24.5 Å². The number of benzene rings is 1. The molecule has 0 aliphatic carbocycles. The molecule has 4 heteroatoms. The number of ether oxygens (including phenoxy) is 1. The van der Waals surface area contributed by atoms with E-state index in [0.717, 1.165) is 30.7 Å². The minimum Gasteiger partial charge on any atom is -0.383 e. The van der Waals surface area contributed by atoms with Gasteiger partial charge in [-0.25, -0.2) is 0 Å². The molecule has 19 heavy (non-hydrogen) atoms. The van der Waals surface area contributed by atoms with Crippen LogP contribution in [0, 0.1) is 0 Å². The Hall–Kier alpha value is -0.580. The summed E-state index contributed by atoms with van der Waals surface area (Å²) >= 11 is 3.57. The summed E-state index contributed by atoms with van der Waals surface area (Å²) in [5.41, 5.74) is 2.61. The van der Waals surface area contributed by atoms with E-state index in [2.05, 4.69) is 65.1 Å². The molecule has 1 rings (SSSR count). The maximum absolute atomic E-state index is 5.29. The number of methoxy groups -OCH3 is 1. The van der Waals surface area contributed by atoms with Gasteiger partial charge in [0, 0.05) is 36.4 Å². The van der Waals surface area contributed by atoms with Gasteiger partial charge in [-0.1, -0.05) is 28.9 Å². The summed E-state index contributed by atoms with van der Waals surface area (Å²) in [5.74, 6) is 0. The number of anilines is 1. The normalized spacial score (nSPS) is 12.5. The lowest BCUT2D eigenvalue weighted by molar-refractivity contribution is 0.182. The third kappa shape index (κ3) is 4.79. The average molecular weight is 329 g/mol. The van der Waals surface area contributed by atoms with Crippen molar-refractivity contribution in [2.45, 2.75) is 33.4 Å². The highest BCUT2D eigenvalue weighted by molar-refractivity contribution is 9.10. The van der Waals surface area contributed by atoms with Crippen LogP contribution in [0.25, 0.3) is 0 Å². The molecule has 0 bridgehead atoms. The van der Waals surface area contributed by atoms with Crippen LogP contribution in [-0.2, 0) is 11.3 Å². The molecule has 0 radical (unpaired) electrons. The molecule has 0 heterocycles. The SMILES string of the molecule is CCNCc1ccc(Br)cc1N(CC)C(C)COC. The van der Waals surface area contributed by atoms with Gasteiger partial charge in [-0.05, 0) is 38.1 Å². The first kappa shape index (κ1) is 16.5.